The van der Waals surface area contributed by atoms with Crippen molar-refractivity contribution in [3.63, 3.8) is 0 Å². The lowest BCUT2D eigenvalue weighted by molar-refractivity contribution is -0.115. The standard InChI is InChI=1S/C29H27N3O3/c1-3-31-19-21(22-11-5-8-14-26(22)31)18-24(30-28(33)23-12-6-9-15-27(23)35-2)29(34)32-17-16-20-10-4-7-13-25(20)32/h4-15,18-19H,3,16-17H2,1-2H3,(H,30,33). The van der Waals surface area contributed by atoms with Gasteiger partial charge in [-0.25, -0.2) is 0 Å². The number of methoxy groups -OCH3 is 1. The van der Waals surface area contributed by atoms with Gasteiger partial charge >= 0.3 is 0 Å². The molecule has 176 valence electrons. The van der Waals surface area contributed by atoms with E-state index >= 15 is 0 Å². The first-order valence-corrected chi connectivity index (χ1v) is 11.7. The minimum Gasteiger partial charge on any atom is -0.496 e. The molecule has 6 heteroatoms. The number of amides is 2. The first-order chi connectivity index (χ1) is 17.1. The predicted octanol–water partition coefficient (Wildman–Crippen LogP) is 5.03. The van der Waals surface area contributed by atoms with Crippen molar-refractivity contribution in [2.45, 2.75) is 19.9 Å². The zero-order chi connectivity index (χ0) is 24.4. The van der Waals surface area contributed by atoms with E-state index in [1.165, 1.54) is 7.11 Å². The van der Waals surface area contributed by atoms with Crippen LogP contribution in [0, 0.1) is 0 Å². The van der Waals surface area contributed by atoms with Gasteiger partial charge in [0.25, 0.3) is 11.8 Å². The molecular weight excluding hydrogens is 438 g/mol. The van der Waals surface area contributed by atoms with Gasteiger partial charge in [0.15, 0.2) is 0 Å². The highest BCUT2D eigenvalue weighted by Gasteiger charge is 2.28. The second-order valence-electron chi connectivity index (χ2n) is 8.44. The molecule has 1 aliphatic heterocycles. The first kappa shape index (κ1) is 22.5. The van der Waals surface area contributed by atoms with E-state index in [2.05, 4.69) is 22.9 Å². The van der Waals surface area contributed by atoms with E-state index in [4.69, 9.17) is 4.74 Å². The number of carbonyl (C=O) groups is 2. The summed E-state index contributed by atoms with van der Waals surface area (Å²) in [5.41, 5.74) is 4.54. The summed E-state index contributed by atoms with van der Waals surface area (Å²) < 4.78 is 7.51. The predicted molar refractivity (Wildman–Crippen MR) is 139 cm³/mol. The number of nitrogens with one attached hydrogen (secondary N) is 1. The van der Waals surface area contributed by atoms with Gasteiger partial charge in [-0.05, 0) is 49.2 Å². The smallest absolute Gasteiger partial charge is 0.274 e. The molecule has 6 nitrogen and oxygen atoms in total. The maximum atomic E-state index is 13.9. The maximum Gasteiger partial charge on any atom is 0.274 e. The van der Waals surface area contributed by atoms with Crippen LogP contribution >= 0.6 is 0 Å². The van der Waals surface area contributed by atoms with Crippen molar-refractivity contribution >= 4 is 34.5 Å². The zero-order valence-corrected chi connectivity index (χ0v) is 19.8. The highest BCUT2D eigenvalue weighted by molar-refractivity contribution is 6.13. The number of para-hydroxylation sites is 3. The number of ether oxygens (including phenoxy) is 1. The van der Waals surface area contributed by atoms with Gasteiger partial charge in [-0.2, -0.15) is 0 Å². The molecule has 1 aromatic heterocycles. The topological polar surface area (TPSA) is 63.6 Å². The Kier molecular flexibility index (Phi) is 6.10. The molecule has 35 heavy (non-hydrogen) atoms. The summed E-state index contributed by atoms with van der Waals surface area (Å²) in [6.07, 6.45) is 4.58. The Balaban J connectivity index is 1.58. The second-order valence-corrected chi connectivity index (χ2v) is 8.44. The number of hydrogen-bond acceptors (Lipinski definition) is 3. The molecule has 2 amide bonds. The Labute approximate surface area is 204 Å². The third-order valence-electron chi connectivity index (χ3n) is 6.42. The SMILES string of the molecule is CCn1cc(C=C(NC(=O)c2ccccc2OC)C(=O)N2CCc3ccccc32)c2ccccc21. The van der Waals surface area contributed by atoms with E-state index in [1.807, 2.05) is 48.7 Å². The Morgan fingerprint density at radius 1 is 1.00 bits per heavy atom. The largest absolute Gasteiger partial charge is 0.496 e. The van der Waals surface area contributed by atoms with Crippen LogP contribution in [0.5, 0.6) is 5.75 Å². The molecule has 5 rings (SSSR count). The van der Waals surface area contributed by atoms with Crippen LogP contribution in [0.25, 0.3) is 17.0 Å². The number of benzene rings is 3. The van der Waals surface area contributed by atoms with Crippen molar-refractivity contribution in [3.8, 4) is 5.75 Å². The van der Waals surface area contributed by atoms with Crippen LogP contribution in [0.3, 0.4) is 0 Å². The molecule has 2 heterocycles. The number of aromatic nitrogens is 1. The minimum absolute atomic E-state index is 0.219. The van der Waals surface area contributed by atoms with Crippen LogP contribution in [-0.2, 0) is 17.8 Å². The average Bonchev–Trinajstić information content (AvgIpc) is 3.49. The first-order valence-electron chi connectivity index (χ1n) is 11.7. The summed E-state index contributed by atoms with van der Waals surface area (Å²) >= 11 is 0. The number of nitrogens with zero attached hydrogens (tertiary/aromatic N) is 2. The van der Waals surface area contributed by atoms with Crippen molar-refractivity contribution < 1.29 is 14.3 Å². The highest BCUT2D eigenvalue weighted by Crippen LogP contribution is 2.30. The summed E-state index contributed by atoms with van der Waals surface area (Å²) in [5, 5.41) is 3.92. The molecule has 0 saturated heterocycles. The molecule has 0 unspecified atom stereocenters. The fourth-order valence-electron chi connectivity index (χ4n) is 4.68. The minimum atomic E-state index is -0.395. The molecule has 1 N–H and O–H groups in total. The van der Waals surface area contributed by atoms with Gasteiger partial charge in [0.05, 0.1) is 12.7 Å². The number of rotatable bonds is 6. The van der Waals surface area contributed by atoms with Gasteiger partial charge in [0, 0.05) is 41.4 Å². The molecule has 3 aromatic carbocycles. The molecule has 0 bridgehead atoms. The lowest BCUT2D eigenvalue weighted by Crippen LogP contribution is -2.37. The lowest BCUT2D eigenvalue weighted by atomic mass is 10.1. The summed E-state index contributed by atoms with van der Waals surface area (Å²) in [5.74, 6) is -0.189. The molecule has 0 fully saturated rings. The number of aryl methyl sites for hydroxylation is 1. The van der Waals surface area contributed by atoms with Gasteiger partial charge in [0.1, 0.15) is 11.4 Å². The molecule has 0 radical (unpaired) electrons. The van der Waals surface area contributed by atoms with Crippen molar-refractivity contribution in [2.75, 3.05) is 18.6 Å². The van der Waals surface area contributed by atoms with Crippen LogP contribution in [0.2, 0.25) is 0 Å². The molecule has 0 saturated carbocycles. The number of hydrogen-bond donors (Lipinski definition) is 1. The summed E-state index contributed by atoms with van der Waals surface area (Å²) in [7, 11) is 1.52. The monoisotopic (exact) mass is 465 g/mol. The Morgan fingerprint density at radius 3 is 2.57 bits per heavy atom. The van der Waals surface area contributed by atoms with E-state index in [-0.39, 0.29) is 11.6 Å². The van der Waals surface area contributed by atoms with Crippen LogP contribution < -0.4 is 15.0 Å². The van der Waals surface area contributed by atoms with Crippen molar-refractivity contribution in [3.05, 3.63) is 101 Å². The summed E-state index contributed by atoms with van der Waals surface area (Å²) in [6, 6.07) is 22.9. The Bertz CT molecular complexity index is 1450. The number of fused-ring (bicyclic) bond motifs is 2. The molecule has 1 aliphatic rings. The number of anilines is 1. The second kappa shape index (κ2) is 9.50. The van der Waals surface area contributed by atoms with Gasteiger partial charge < -0.3 is 19.5 Å². The third kappa shape index (κ3) is 4.19. The van der Waals surface area contributed by atoms with Crippen molar-refractivity contribution in [1.82, 2.24) is 9.88 Å². The van der Waals surface area contributed by atoms with Gasteiger partial charge in [-0.15, -0.1) is 0 Å². The van der Waals surface area contributed by atoms with Gasteiger partial charge in [-0.3, -0.25) is 9.59 Å². The van der Waals surface area contributed by atoms with E-state index in [9.17, 15) is 9.59 Å². The summed E-state index contributed by atoms with van der Waals surface area (Å²) in [4.78, 5) is 28.9. The fourth-order valence-corrected chi connectivity index (χ4v) is 4.68. The summed E-state index contributed by atoms with van der Waals surface area (Å²) in [6.45, 7) is 3.44. The fraction of sp³-hybridized carbons (Fsp3) is 0.172. The Hall–Kier alpha value is -4.32. The van der Waals surface area contributed by atoms with Crippen molar-refractivity contribution in [1.29, 1.82) is 0 Å². The molecule has 4 aromatic rings. The molecular formula is C29H27N3O3. The van der Waals surface area contributed by atoms with E-state index in [0.29, 0.717) is 17.9 Å². The Morgan fingerprint density at radius 2 is 1.74 bits per heavy atom. The van der Waals surface area contributed by atoms with E-state index in [1.54, 1.807) is 35.2 Å². The van der Waals surface area contributed by atoms with Crippen molar-refractivity contribution in [2.24, 2.45) is 0 Å². The van der Waals surface area contributed by atoms with Crippen LogP contribution in [0.15, 0.2) is 84.7 Å². The molecule has 0 atom stereocenters. The van der Waals surface area contributed by atoms with Crippen LogP contribution in [0.4, 0.5) is 5.69 Å². The van der Waals surface area contributed by atoms with Crippen LogP contribution in [0.1, 0.15) is 28.4 Å². The quantitative estimate of drug-likeness (QED) is 0.406. The van der Waals surface area contributed by atoms with Crippen LogP contribution in [-0.4, -0.2) is 30.0 Å². The normalized spacial score (nSPS) is 13.1. The average molecular weight is 466 g/mol. The van der Waals surface area contributed by atoms with Gasteiger partial charge in [-0.1, -0.05) is 48.5 Å². The van der Waals surface area contributed by atoms with E-state index in [0.717, 1.165) is 40.7 Å². The third-order valence-corrected chi connectivity index (χ3v) is 6.42. The zero-order valence-electron chi connectivity index (χ0n) is 19.8. The number of carbonyl (C=O) groups excluding carboxylic acids is 2. The van der Waals surface area contributed by atoms with Gasteiger partial charge in [0.2, 0.25) is 0 Å². The molecule has 0 spiro atoms. The highest BCUT2D eigenvalue weighted by atomic mass is 16.5. The molecule has 0 aliphatic carbocycles. The maximum absolute atomic E-state index is 13.9. The van der Waals surface area contributed by atoms with E-state index < -0.39 is 5.91 Å². The lowest BCUT2D eigenvalue weighted by Gasteiger charge is -2.20.